The van der Waals surface area contributed by atoms with E-state index in [2.05, 4.69) is 5.32 Å². The summed E-state index contributed by atoms with van der Waals surface area (Å²) >= 11 is 1.41. The third-order valence-corrected chi connectivity index (χ3v) is 4.09. The molecule has 1 aromatic heterocycles. The second-order valence-corrected chi connectivity index (χ2v) is 5.43. The van der Waals surface area contributed by atoms with Crippen LogP contribution in [0, 0.1) is 13.8 Å². The highest BCUT2D eigenvalue weighted by Crippen LogP contribution is 2.18. The summed E-state index contributed by atoms with van der Waals surface area (Å²) in [7, 11) is 0. The Kier molecular flexibility index (Phi) is 4.35. The molecule has 0 aliphatic carbocycles. The standard InChI is InChI=1S/C15H17NO2S/c1-10-5-3-4-6-12(10)13(17)9-16-15(18)14-11(2)7-8-19-14/h3-8,13,17H,9H2,1-2H3,(H,16,18). The van der Waals surface area contributed by atoms with Crippen LogP contribution in [-0.2, 0) is 0 Å². The number of aliphatic hydroxyl groups is 1. The molecule has 0 spiro atoms. The normalized spacial score (nSPS) is 12.2. The molecule has 2 rings (SSSR count). The highest BCUT2D eigenvalue weighted by molar-refractivity contribution is 7.12. The third-order valence-electron chi connectivity index (χ3n) is 3.07. The summed E-state index contributed by atoms with van der Waals surface area (Å²) in [4.78, 5) is 12.6. The maximum absolute atomic E-state index is 11.9. The average Bonchev–Trinajstić information content (AvgIpc) is 2.82. The lowest BCUT2D eigenvalue weighted by Gasteiger charge is -2.14. The second kappa shape index (κ2) is 5.99. The molecule has 0 aliphatic heterocycles. The first-order chi connectivity index (χ1) is 9.09. The minimum absolute atomic E-state index is 0.125. The van der Waals surface area contributed by atoms with Gasteiger partial charge in [-0.1, -0.05) is 24.3 Å². The molecular weight excluding hydrogens is 258 g/mol. The first-order valence-electron chi connectivity index (χ1n) is 6.15. The van der Waals surface area contributed by atoms with Crippen LogP contribution in [0.25, 0.3) is 0 Å². The molecule has 0 bridgehead atoms. The van der Waals surface area contributed by atoms with E-state index in [0.29, 0.717) is 4.88 Å². The van der Waals surface area contributed by atoms with E-state index in [1.807, 2.05) is 49.6 Å². The van der Waals surface area contributed by atoms with Crippen molar-refractivity contribution in [3.05, 3.63) is 57.3 Å². The number of aryl methyl sites for hydroxylation is 2. The zero-order valence-corrected chi connectivity index (χ0v) is 11.8. The monoisotopic (exact) mass is 275 g/mol. The van der Waals surface area contributed by atoms with Crippen molar-refractivity contribution in [2.24, 2.45) is 0 Å². The van der Waals surface area contributed by atoms with E-state index in [-0.39, 0.29) is 12.5 Å². The highest BCUT2D eigenvalue weighted by Gasteiger charge is 2.14. The van der Waals surface area contributed by atoms with Crippen LogP contribution in [0.1, 0.15) is 32.5 Å². The first-order valence-corrected chi connectivity index (χ1v) is 7.03. The molecule has 0 saturated carbocycles. The van der Waals surface area contributed by atoms with Crippen LogP contribution < -0.4 is 5.32 Å². The van der Waals surface area contributed by atoms with Crippen LogP contribution in [0.5, 0.6) is 0 Å². The quantitative estimate of drug-likeness (QED) is 0.901. The lowest BCUT2D eigenvalue weighted by Crippen LogP contribution is -2.28. The number of hydrogen-bond acceptors (Lipinski definition) is 3. The van der Waals surface area contributed by atoms with Gasteiger partial charge in [-0.25, -0.2) is 0 Å². The molecule has 0 radical (unpaired) electrons. The lowest BCUT2D eigenvalue weighted by atomic mass is 10.0. The predicted molar refractivity (Wildman–Crippen MR) is 77.5 cm³/mol. The smallest absolute Gasteiger partial charge is 0.261 e. The van der Waals surface area contributed by atoms with Crippen molar-refractivity contribution >= 4 is 17.2 Å². The van der Waals surface area contributed by atoms with Gasteiger partial charge in [-0.15, -0.1) is 11.3 Å². The summed E-state index contributed by atoms with van der Waals surface area (Å²) < 4.78 is 0. The number of carbonyl (C=O) groups is 1. The van der Waals surface area contributed by atoms with Gasteiger partial charge < -0.3 is 10.4 Å². The molecule has 3 nitrogen and oxygen atoms in total. The van der Waals surface area contributed by atoms with Gasteiger partial charge in [0.15, 0.2) is 0 Å². The number of carbonyl (C=O) groups excluding carboxylic acids is 1. The zero-order chi connectivity index (χ0) is 13.8. The highest BCUT2D eigenvalue weighted by atomic mass is 32.1. The lowest BCUT2D eigenvalue weighted by molar-refractivity contribution is 0.0919. The third kappa shape index (κ3) is 3.22. The predicted octanol–water partition coefficient (Wildman–Crippen LogP) is 2.83. The van der Waals surface area contributed by atoms with E-state index in [0.717, 1.165) is 16.7 Å². The molecule has 1 atom stereocenters. The van der Waals surface area contributed by atoms with Crippen molar-refractivity contribution in [3.8, 4) is 0 Å². The van der Waals surface area contributed by atoms with Gasteiger partial charge in [-0.05, 0) is 42.0 Å². The fourth-order valence-corrected chi connectivity index (χ4v) is 2.79. The molecule has 2 N–H and O–H groups in total. The maximum Gasteiger partial charge on any atom is 0.261 e. The number of thiophene rings is 1. The van der Waals surface area contributed by atoms with Gasteiger partial charge in [-0.2, -0.15) is 0 Å². The Morgan fingerprint density at radius 1 is 1.26 bits per heavy atom. The summed E-state index contributed by atoms with van der Waals surface area (Å²) in [6, 6.07) is 9.56. The summed E-state index contributed by atoms with van der Waals surface area (Å²) in [5.41, 5.74) is 2.84. The Morgan fingerprint density at radius 2 is 2.00 bits per heavy atom. The number of nitrogens with one attached hydrogen (secondary N) is 1. The van der Waals surface area contributed by atoms with Crippen LogP contribution in [0.2, 0.25) is 0 Å². The molecule has 1 amide bonds. The zero-order valence-electron chi connectivity index (χ0n) is 11.0. The molecule has 1 aromatic carbocycles. The molecule has 100 valence electrons. The molecule has 0 saturated heterocycles. The summed E-state index contributed by atoms with van der Waals surface area (Å²) in [5, 5.41) is 14.8. The van der Waals surface area contributed by atoms with E-state index in [9.17, 15) is 9.90 Å². The van der Waals surface area contributed by atoms with Crippen molar-refractivity contribution < 1.29 is 9.90 Å². The van der Waals surface area contributed by atoms with Gasteiger partial charge in [0.1, 0.15) is 0 Å². The van der Waals surface area contributed by atoms with Crippen LogP contribution in [0.15, 0.2) is 35.7 Å². The topological polar surface area (TPSA) is 49.3 Å². The van der Waals surface area contributed by atoms with Crippen LogP contribution >= 0.6 is 11.3 Å². The summed E-state index contributed by atoms with van der Waals surface area (Å²) in [5.74, 6) is -0.125. The first kappa shape index (κ1) is 13.8. The van der Waals surface area contributed by atoms with Gasteiger partial charge in [-0.3, -0.25) is 4.79 Å². The molecule has 0 fully saturated rings. The van der Waals surface area contributed by atoms with E-state index < -0.39 is 6.10 Å². The molecule has 1 unspecified atom stereocenters. The van der Waals surface area contributed by atoms with Gasteiger partial charge in [0.05, 0.1) is 11.0 Å². The largest absolute Gasteiger partial charge is 0.387 e. The van der Waals surface area contributed by atoms with Crippen LogP contribution in [0.4, 0.5) is 0 Å². The number of rotatable bonds is 4. The molecule has 1 heterocycles. The van der Waals surface area contributed by atoms with Crippen LogP contribution in [0.3, 0.4) is 0 Å². The van der Waals surface area contributed by atoms with Crippen molar-refractivity contribution in [3.63, 3.8) is 0 Å². The number of benzene rings is 1. The number of hydrogen-bond donors (Lipinski definition) is 2. The van der Waals surface area contributed by atoms with Crippen LogP contribution in [-0.4, -0.2) is 17.6 Å². The van der Waals surface area contributed by atoms with E-state index in [1.54, 1.807) is 0 Å². The minimum Gasteiger partial charge on any atom is -0.387 e. The number of amides is 1. The minimum atomic E-state index is -0.676. The van der Waals surface area contributed by atoms with Crippen molar-refractivity contribution in [1.29, 1.82) is 0 Å². The van der Waals surface area contributed by atoms with Crippen molar-refractivity contribution in [1.82, 2.24) is 5.32 Å². The Morgan fingerprint density at radius 3 is 2.63 bits per heavy atom. The van der Waals surface area contributed by atoms with E-state index in [1.165, 1.54) is 11.3 Å². The fraction of sp³-hybridized carbons (Fsp3) is 0.267. The Balaban J connectivity index is 1.98. The molecule has 2 aromatic rings. The molecular formula is C15H17NO2S. The summed E-state index contributed by atoms with van der Waals surface area (Å²) in [6.45, 7) is 4.08. The molecule has 4 heteroatoms. The molecule has 19 heavy (non-hydrogen) atoms. The number of aliphatic hydroxyl groups excluding tert-OH is 1. The maximum atomic E-state index is 11.9. The SMILES string of the molecule is Cc1ccccc1C(O)CNC(=O)c1sccc1C. The Labute approximate surface area is 116 Å². The Hall–Kier alpha value is -1.65. The summed E-state index contributed by atoms with van der Waals surface area (Å²) in [6.07, 6.45) is -0.676. The van der Waals surface area contributed by atoms with Gasteiger partial charge in [0.25, 0.3) is 5.91 Å². The van der Waals surface area contributed by atoms with Gasteiger partial charge in [0.2, 0.25) is 0 Å². The van der Waals surface area contributed by atoms with Gasteiger partial charge >= 0.3 is 0 Å². The van der Waals surface area contributed by atoms with Crippen molar-refractivity contribution in [2.75, 3.05) is 6.54 Å². The Bertz CT molecular complexity index is 577. The second-order valence-electron chi connectivity index (χ2n) is 4.52. The fourth-order valence-electron chi connectivity index (χ4n) is 1.95. The van der Waals surface area contributed by atoms with E-state index in [4.69, 9.17) is 0 Å². The van der Waals surface area contributed by atoms with Gasteiger partial charge in [0, 0.05) is 6.54 Å². The van der Waals surface area contributed by atoms with E-state index >= 15 is 0 Å². The van der Waals surface area contributed by atoms with Crippen molar-refractivity contribution in [2.45, 2.75) is 20.0 Å². The molecule has 0 aliphatic rings. The average molecular weight is 275 g/mol.